The van der Waals surface area contributed by atoms with Gasteiger partial charge >= 0.3 is 0 Å². The number of nitrogen functional groups attached to an aromatic ring is 1. The first-order valence-electron chi connectivity index (χ1n) is 6.82. The number of carbonyl (C=O) groups excluding carboxylic acids is 1. The van der Waals surface area contributed by atoms with Gasteiger partial charge in [0.2, 0.25) is 5.91 Å². The van der Waals surface area contributed by atoms with Crippen molar-refractivity contribution < 1.29 is 9.90 Å². The van der Waals surface area contributed by atoms with E-state index >= 15 is 0 Å². The number of anilines is 1. The highest BCUT2D eigenvalue weighted by Gasteiger charge is 2.13. The minimum atomic E-state index is -0.298. The van der Waals surface area contributed by atoms with Crippen LogP contribution in [0, 0.1) is 0 Å². The van der Waals surface area contributed by atoms with E-state index in [2.05, 4.69) is 10.3 Å². The maximum atomic E-state index is 12.0. The molecule has 0 aliphatic rings. The number of carbonyl (C=O) groups is 1. The highest BCUT2D eigenvalue weighted by Crippen LogP contribution is 2.05. The Morgan fingerprint density at radius 1 is 1.24 bits per heavy atom. The van der Waals surface area contributed by atoms with Crippen molar-refractivity contribution >= 4 is 11.6 Å². The van der Waals surface area contributed by atoms with Crippen LogP contribution in [0.25, 0.3) is 0 Å². The van der Waals surface area contributed by atoms with Gasteiger partial charge < -0.3 is 16.2 Å². The number of pyridine rings is 1. The van der Waals surface area contributed by atoms with Crippen molar-refractivity contribution in [3.63, 3.8) is 0 Å². The van der Waals surface area contributed by atoms with Crippen molar-refractivity contribution in [1.29, 1.82) is 0 Å². The van der Waals surface area contributed by atoms with E-state index in [4.69, 9.17) is 5.73 Å². The van der Waals surface area contributed by atoms with Crippen LogP contribution in [0.1, 0.15) is 11.3 Å². The number of nitrogens with one attached hydrogen (secondary N) is 1. The van der Waals surface area contributed by atoms with Crippen LogP contribution >= 0.6 is 0 Å². The number of aliphatic hydroxyl groups excluding tert-OH is 1. The number of amides is 1. The van der Waals surface area contributed by atoms with Gasteiger partial charge in [-0.25, -0.2) is 0 Å². The summed E-state index contributed by atoms with van der Waals surface area (Å²) in [5.74, 6) is -0.165. The quantitative estimate of drug-likeness (QED) is 0.736. The molecule has 0 fully saturated rings. The van der Waals surface area contributed by atoms with E-state index in [1.165, 1.54) is 6.20 Å². The summed E-state index contributed by atoms with van der Waals surface area (Å²) in [5.41, 5.74) is 7.84. The van der Waals surface area contributed by atoms with Gasteiger partial charge in [0.15, 0.2) is 0 Å². The predicted molar refractivity (Wildman–Crippen MR) is 81.5 cm³/mol. The second-order valence-electron chi connectivity index (χ2n) is 4.90. The number of aliphatic hydroxyl groups is 1. The summed E-state index contributed by atoms with van der Waals surface area (Å²) in [6.07, 6.45) is 2.29. The summed E-state index contributed by atoms with van der Waals surface area (Å²) in [6.45, 7) is -0.101. The zero-order valence-corrected chi connectivity index (χ0v) is 11.7. The number of hydrogen-bond donors (Lipinski definition) is 3. The lowest BCUT2D eigenvalue weighted by molar-refractivity contribution is -0.121. The Morgan fingerprint density at radius 2 is 2.00 bits per heavy atom. The van der Waals surface area contributed by atoms with Gasteiger partial charge in [-0.3, -0.25) is 9.78 Å². The van der Waals surface area contributed by atoms with Crippen LogP contribution in [0.4, 0.5) is 5.69 Å². The summed E-state index contributed by atoms with van der Waals surface area (Å²) < 4.78 is 0. The van der Waals surface area contributed by atoms with Crippen LogP contribution in [0.3, 0.4) is 0 Å². The zero-order valence-electron chi connectivity index (χ0n) is 11.7. The minimum absolute atomic E-state index is 0.101. The summed E-state index contributed by atoms with van der Waals surface area (Å²) in [4.78, 5) is 16.1. The largest absolute Gasteiger partial charge is 0.397 e. The van der Waals surface area contributed by atoms with Gasteiger partial charge in [0, 0.05) is 5.69 Å². The molecule has 110 valence electrons. The fourth-order valence-electron chi connectivity index (χ4n) is 2.04. The molecule has 0 aliphatic carbocycles. The van der Waals surface area contributed by atoms with Gasteiger partial charge in [0.05, 0.1) is 31.0 Å². The van der Waals surface area contributed by atoms with Gasteiger partial charge in [-0.2, -0.15) is 0 Å². The molecular formula is C16H19N3O2. The molecule has 2 rings (SSSR count). The van der Waals surface area contributed by atoms with Gasteiger partial charge in [0.25, 0.3) is 0 Å². The first-order chi connectivity index (χ1) is 10.2. The SMILES string of the molecule is Nc1ccc(CC(=O)NC(CO)Cc2ccccc2)nc1. The molecule has 4 N–H and O–H groups in total. The maximum Gasteiger partial charge on any atom is 0.226 e. The molecule has 1 atom stereocenters. The lowest BCUT2D eigenvalue weighted by Crippen LogP contribution is -2.40. The van der Waals surface area contributed by atoms with E-state index in [0.29, 0.717) is 17.8 Å². The molecule has 0 aliphatic heterocycles. The number of hydrogen-bond acceptors (Lipinski definition) is 4. The predicted octanol–water partition coefficient (Wildman–Crippen LogP) is 0.926. The van der Waals surface area contributed by atoms with Crippen molar-refractivity contribution in [2.45, 2.75) is 18.9 Å². The topological polar surface area (TPSA) is 88.2 Å². The van der Waals surface area contributed by atoms with E-state index in [1.807, 2.05) is 30.3 Å². The molecule has 21 heavy (non-hydrogen) atoms. The van der Waals surface area contributed by atoms with Gasteiger partial charge in [-0.1, -0.05) is 30.3 Å². The van der Waals surface area contributed by atoms with E-state index in [0.717, 1.165) is 5.56 Å². The summed E-state index contributed by atoms with van der Waals surface area (Å²) in [6, 6.07) is 12.9. The fourth-order valence-corrected chi connectivity index (χ4v) is 2.04. The summed E-state index contributed by atoms with van der Waals surface area (Å²) in [7, 11) is 0. The first kappa shape index (κ1) is 15.0. The van der Waals surface area contributed by atoms with Crippen LogP contribution in [0.5, 0.6) is 0 Å². The molecule has 1 unspecified atom stereocenters. The standard InChI is InChI=1S/C16H19N3O2/c17-13-6-7-14(18-10-13)9-16(21)19-15(11-20)8-12-4-2-1-3-5-12/h1-7,10,15,20H,8-9,11,17H2,(H,19,21). The molecule has 1 aromatic carbocycles. The molecule has 2 aromatic rings. The highest BCUT2D eigenvalue weighted by atomic mass is 16.3. The zero-order chi connectivity index (χ0) is 15.1. The van der Waals surface area contributed by atoms with E-state index in [9.17, 15) is 9.90 Å². The fraction of sp³-hybridized carbons (Fsp3) is 0.250. The third kappa shape index (κ3) is 4.89. The van der Waals surface area contributed by atoms with Crippen LogP contribution in [-0.2, 0) is 17.6 Å². The molecule has 1 amide bonds. The monoisotopic (exact) mass is 285 g/mol. The highest BCUT2D eigenvalue weighted by molar-refractivity contribution is 5.78. The second-order valence-corrected chi connectivity index (χ2v) is 4.90. The van der Waals surface area contributed by atoms with Crippen LogP contribution < -0.4 is 11.1 Å². The Morgan fingerprint density at radius 3 is 2.62 bits per heavy atom. The van der Waals surface area contributed by atoms with Gasteiger partial charge in [0.1, 0.15) is 0 Å². The molecule has 0 saturated carbocycles. The number of rotatable bonds is 6. The Kier molecular flexibility index (Phi) is 5.29. The lowest BCUT2D eigenvalue weighted by atomic mass is 10.1. The van der Waals surface area contributed by atoms with Crippen molar-refractivity contribution in [1.82, 2.24) is 10.3 Å². The average molecular weight is 285 g/mol. The third-order valence-electron chi connectivity index (χ3n) is 3.10. The normalized spacial score (nSPS) is 11.9. The Hall–Kier alpha value is -2.40. The van der Waals surface area contributed by atoms with E-state index in [1.54, 1.807) is 12.1 Å². The molecule has 0 radical (unpaired) electrons. The van der Waals surface area contributed by atoms with Crippen LogP contribution in [-0.4, -0.2) is 28.6 Å². The van der Waals surface area contributed by atoms with Crippen molar-refractivity contribution in [2.24, 2.45) is 0 Å². The molecule has 5 nitrogen and oxygen atoms in total. The molecule has 0 saturated heterocycles. The van der Waals surface area contributed by atoms with Crippen molar-refractivity contribution in [2.75, 3.05) is 12.3 Å². The minimum Gasteiger partial charge on any atom is -0.397 e. The molecule has 1 aromatic heterocycles. The lowest BCUT2D eigenvalue weighted by Gasteiger charge is -2.16. The number of nitrogens with zero attached hydrogens (tertiary/aromatic N) is 1. The molecule has 5 heteroatoms. The summed E-state index contributed by atoms with van der Waals surface area (Å²) in [5, 5.41) is 12.2. The number of benzene rings is 1. The molecule has 0 bridgehead atoms. The van der Waals surface area contributed by atoms with E-state index < -0.39 is 0 Å². The van der Waals surface area contributed by atoms with Crippen molar-refractivity contribution in [3.8, 4) is 0 Å². The van der Waals surface area contributed by atoms with Crippen LogP contribution in [0.2, 0.25) is 0 Å². The maximum absolute atomic E-state index is 12.0. The molecule has 1 heterocycles. The van der Waals surface area contributed by atoms with Gasteiger partial charge in [-0.05, 0) is 24.1 Å². The number of aromatic nitrogens is 1. The first-order valence-corrected chi connectivity index (χ1v) is 6.82. The average Bonchev–Trinajstić information content (AvgIpc) is 2.50. The second kappa shape index (κ2) is 7.40. The van der Waals surface area contributed by atoms with Crippen molar-refractivity contribution in [3.05, 3.63) is 59.9 Å². The summed E-state index contributed by atoms with van der Waals surface area (Å²) >= 11 is 0. The Bertz CT molecular complexity index is 570. The molecule has 0 spiro atoms. The van der Waals surface area contributed by atoms with Crippen LogP contribution in [0.15, 0.2) is 48.7 Å². The third-order valence-corrected chi connectivity index (χ3v) is 3.10. The smallest absolute Gasteiger partial charge is 0.226 e. The Balaban J connectivity index is 1.89. The molecular weight excluding hydrogens is 266 g/mol. The Labute approximate surface area is 123 Å². The van der Waals surface area contributed by atoms with Gasteiger partial charge in [-0.15, -0.1) is 0 Å². The number of nitrogens with two attached hydrogens (primary N) is 1. The van der Waals surface area contributed by atoms with E-state index in [-0.39, 0.29) is 25.0 Å².